The summed E-state index contributed by atoms with van der Waals surface area (Å²) in [6.07, 6.45) is 0. The fourth-order valence-electron chi connectivity index (χ4n) is 0.202. The van der Waals surface area contributed by atoms with Crippen molar-refractivity contribution in [3.05, 3.63) is 0 Å². The Bertz CT molecular complexity index is 87.5. The van der Waals surface area contributed by atoms with Gasteiger partial charge in [0.25, 0.3) is 0 Å². The average Bonchev–Trinajstić information content (AvgIpc) is 1.27. The van der Waals surface area contributed by atoms with Crippen molar-refractivity contribution in [3.63, 3.8) is 0 Å². The summed E-state index contributed by atoms with van der Waals surface area (Å²) >= 11 is 0. The molecule has 0 heterocycles. The van der Waals surface area contributed by atoms with Crippen LogP contribution in [-0.2, 0) is 34.7 Å². The van der Waals surface area contributed by atoms with E-state index >= 15 is 0 Å². The van der Waals surface area contributed by atoms with E-state index in [1.807, 2.05) is 0 Å². The Morgan fingerprint density at radius 1 is 1.12 bits per heavy atom. The molecule has 0 aromatic carbocycles. The van der Waals surface area contributed by atoms with Gasteiger partial charge in [0.05, 0.1) is 0 Å². The van der Waals surface area contributed by atoms with Crippen LogP contribution in [0.25, 0.3) is 0 Å². The van der Waals surface area contributed by atoms with E-state index < -0.39 is 11.9 Å². The normalized spacial score (nSPS) is 6.75. The first-order valence-electron chi connectivity index (χ1n) is 1.82. The number of hydrogen-bond donors (Lipinski definition) is 0. The Kier molecular flexibility index (Phi) is 6.63. The fourth-order valence-corrected chi connectivity index (χ4v) is 0.202. The number of rotatable bonds is 0. The fraction of sp³-hybridized carbons (Fsp3) is 0.500. The van der Waals surface area contributed by atoms with Crippen molar-refractivity contribution in [2.45, 2.75) is 13.8 Å². The number of hydrogen-bond acceptors (Lipinski definition) is 3. The molecule has 0 bridgehead atoms. The number of carbonyl (C=O) groups is 2. The second kappa shape index (κ2) is 4.95. The minimum atomic E-state index is -0.562. The smallest absolute Gasteiger partial charge is 0.310 e. The van der Waals surface area contributed by atoms with Crippen molar-refractivity contribution in [3.8, 4) is 0 Å². The zero-order chi connectivity index (χ0) is 5.86. The minimum absolute atomic E-state index is 0. The van der Waals surface area contributed by atoms with E-state index in [9.17, 15) is 9.59 Å². The molecule has 0 aliphatic heterocycles. The Morgan fingerprint density at radius 2 is 1.38 bits per heavy atom. The number of esters is 2. The van der Waals surface area contributed by atoms with E-state index in [2.05, 4.69) is 4.74 Å². The molecule has 0 aromatic rings. The molecular formula is C4H6O3Pd. The third-order valence-corrected chi connectivity index (χ3v) is 0.287. The van der Waals surface area contributed by atoms with Crippen molar-refractivity contribution < 1.29 is 34.7 Å². The van der Waals surface area contributed by atoms with Crippen LogP contribution in [0, 0.1) is 0 Å². The van der Waals surface area contributed by atoms with E-state index in [0.717, 1.165) is 0 Å². The summed E-state index contributed by atoms with van der Waals surface area (Å²) in [6, 6.07) is 0. The molecule has 0 saturated heterocycles. The monoisotopic (exact) mass is 208 g/mol. The summed E-state index contributed by atoms with van der Waals surface area (Å²) in [5.74, 6) is -1.12. The van der Waals surface area contributed by atoms with Gasteiger partial charge >= 0.3 is 11.9 Å². The van der Waals surface area contributed by atoms with Crippen LogP contribution in [-0.4, -0.2) is 11.9 Å². The molecule has 0 amide bonds. The van der Waals surface area contributed by atoms with Crippen LogP contribution < -0.4 is 0 Å². The van der Waals surface area contributed by atoms with Crippen LogP contribution in [0.3, 0.4) is 0 Å². The van der Waals surface area contributed by atoms with Crippen molar-refractivity contribution >= 4 is 11.9 Å². The van der Waals surface area contributed by atoms with E-state index in [-0.39, 0.29) is 20.4 Å². The van der Waals surface area contributed by atoms with Crippen LogP contribution in [0.2, 0.25) is 0 Å². The summed E-state index contributed by atoms with van der Waals surface area (Å²) in [5, 5.41) is 0. The van der Waals surface area contributed by atoms with Crippen LogP contribution in [0.5, 0.6) is 0 Å². The zero-order valence-corrected chi connectivity index (χ0v) is 6.10. The Morgan fingerprint density at radius 3 is 1.38 bits per heavy atom. The van der Waals surface area contributed by atoms with Gasteiger partial charge < -0.3 is 4.74 Å². The SMILES string of the molecule is CC(=O)OC(C)=O.[Pd]. The van der Waals surface area contributed by atoms with Crippen LogP contribution in [0.1, 0.15) is 13.8 Å². The Hall–Kier alpha value is -0.198. The molecule has 0 N–H and O–H groups in total. The number of carbonyl (C=O) groups excluding carboxylic acids is 2. The van der Waals surface area contributed by atoms with Gasteiger partial charge in [-0.3, -0.25) is 9.59 Å². The third-order valence-electron chi connectivity index (χ3n) is 0.287. The van der Waals surface area contributed by atoms with Crippen LogP contribution in [0.4, 0.5) is 0 Å². The quantitative estimate of drug-likeness (QED) is 0.322. The molecule has 4 heteroatoms. The first-order valence-corrected chi connectivity index (χ1v) is 1.82. The standard InChI is InChI=1S/C4H6O3.Pd/c1-3(5)7-4(2)6;/h1-2H3;. The molecule has 0 aliphatic carbocycles. The maximum atomic E-state index is 9.81. The van der Waals surface area contributed by atoms with Gasteiger partial charge in [-0.15, -0.1) is 0 Å². The average molecular weight is 209 g/mol. The molecule has 0 spiro atoms. The van der Waals surface area contributed by atoms with Crippen molar-refractivity contribution in [2.75, 3.05) is 0 Å². The summed E-state index contributed by atoms with van der Waals surface area (Å²) in [6.45, 7) is 2.36. The molecule has 8 heavy (non-hydrogen) atoms. The summed E-state index contributed by atoms with van der Waals surface area (Å²) in [4.78, 5) is 19.6. The number of ether oxygens (including phenoxy) is 1. The Labute approximate surface area is 61.0 Å². The molecule has 0 rings (SSSR count). The summed E-state index contributed by atoms with van der Waals surface area (Å²) in [5.41, 5.74) is 0. The van der Waals surface area contributed by atoms with Gasteiger partial charge in [0, 0.05) is 34.3 Å². The molecule has 0 unspecified atom stereocenters. The maximum Gasteiger partial charge on any atom is 0.310 e. The van der Waals surface area contributed by atoms with E-state index in [0.29, 0.717) is 0 Å². The van der Waals surface area contributed by atoms with Crippen molar-refractivity contribution in [2.24, 2.45) is 0 Å². The predicted octanol–water partition coefficient (Wildman–Crippen LogP) is 0.0935. The molecule has 0 fully saturated rings. The van der Waals surface area contributed by atoms with Gasteiger partial charge in [-0.05, 0) is 0 Å². The van der Waals surface area contributed by atoms with E-state index in [4.69, 9.17) is 0 Å². The predicted molar refractivity (Wildman–Crippen MR) is 22.4 cm³/mol. The van der Waals surface area contributed by atoms with Crippen molar-refractivity contribution in [1.29, 1.82) is 0 Å². The second-order valence-electron chi connectivity index (χ2n) is 1.09. The summed E-state index contributed by atoms with van der Waals surface area (Å²) < 4.78 is 3.97. The second-order valence-corrected chi connectivity index (χ2v) is 1.09. The molecule has 0 atom stereocenters. The van der Waals surface area contributed by atoms with E-state index in [1.165, 1.54) is 13.8 Å². The maximum absolute atomic E-state index is 9.81. The van der Waals surface area contributed by atoms with Gasteiger partial charge in [0.15, 0.2) is 0 Å². The van der Waals surface area contributed by atoms with Crippen molar-refractivity contribution in [1.82, 2.24) is 0 Å². The van der Waals surface area contributed by atoms with Gasteiger partial charge in [0.2, 0.25) is 0 Å². The molecule has 50 valence electrons. The zero-order valence-electron chi connectivity index (χ0n) is 4.54. The molecule has 0 radical (unpaired) electrons. The molecular weight excluding hydrogens is 202 g/mol. The topological polar surface area (TPSA) is 43.4 Å². The molecule has 0 aromatic heterocycles. The first kappa shape index (κ1) is 10.7. The minimum Gasteiger partial charge on any atom is -0.394 e. The van der Waals surface area contributed by atoms with Gasteiger partial charge in [0.1, 0.15) is 0 Å². The van der Waals surface area contributed by atoms with Gasteiger partial charge in [-0.2, -0.15) is 0 Å². The van der Waals surface area contributed by atoms with Gasteiger partial charge in [-0.25, -0.2) is 0 Å². The van der Waals surface area contributed by atoms with E-state index in [1.54, 1.807) is 0 Å². The molecule has 0 aliphatic rings. The van der Waals surface area contributed by atoms with Crippen LogP contribution in [0.15, 0.2) is 0 Å². The Balaban J connectivity index is 0. The summed E-state index contributed by atoms with van der Waals surface area (Å²) in [7, 11) is 0. The largest absolute Gasteiger partial charge is 0.394 e. The van der Waals surface area contributed by atoms with Gasteiger partial charge in [-0.1, -0.05) is 0 Å². The molecule has 0 saturated carbocycles. The first-order chi connectivity index (χ1) is 3.13. The molecule has 3 nitrogen and oxygen atoms in total. The third kappa shape index (κ3) is 9.26. The van der Waals surface area contributed by atoms with Crippen LogP contribution >= 0.6 is 0 Å².